The summed E-state index contributed by atoms with van der Waals surface area (Å²) in [5.74, 6) is 0.905. The molecule has 106 valence electrons. The first kappa shape index (κ1) is 13.2. The van der Waals surface area contributed by atoms with Gasteiger partial charge in [-0.3, -0.25) is 4.68 Å². The van der Waals surface area contributed by atoms with E-state index in [1.165, 1.54) is 35.2 Å². The number of methoxy groups -OCH3 is 1. The number of rotatable bonds is 5. The number of aryl methyl sites for hydroxylation is 1. The molecule has 0 atom stereocenters. The minimum Gasteiger partial charge on any atom is -0.497 e. The van der Waals surface area contributed by atoms with Gasteiger partial charge in [0.2, 0.25) is 0 Å². The highest BCUT2D eigenvalue weighted by molar-refractivity contribution is 5.70. The summed E-state index contributed by atoms with van der Waals surface area (Å²) in [7, 11) is 3.69. The van der Waals surface area contributed by atoms with Crippen molar-refractivity contribution in [1.29, 1.82) is 0 Å². The second-order valence-corrected chi connectivity index (χ2v) is 5.45. The van der Waals surface area contributed by atoms with Crippen LogP contribution in [-0.4, -0.2) is 22.9 Å². The fourth-order valence-electron chi connectivity index (χ4n) is 2.41. The summed E-state index contributed by atoms with van der Waals surface area (Å²) in [5.41, 5.74) is 4.89. The average molecular weight is 271 g/mol. The highest BCUT2D eigenvalue weighted by atomic mass is 16.5. The van der Waals surface area contributed by atoms with E-state index in [1.54, 1.807) is 7.11 Å². The third-order valence-corrected chi connectivity index (χ3v) is 4.00. The maximum atomic E-state index is 5.35. The van der Waals surface area contributed by atoms with Crippen molar-refractivity contribution in [2.45, 2.75) is 32.4 Å². The molecule has 20 heavy (non-hydrogen) atoms. The van der Waals surface area contributed by atoms with Crippen LogP contribution in [0.3, 0.4) is 0 Å². The molecular formula is C16H21N3O. The fraction of sp³-hybridized carbons (Fsp3) is 0.438. The lowest BCUT2D eigenvalue weighted by Gasteiger charge is -2.12. The van der Waals surface area contributed by atoms with Crippen molar-refractivity contribution < 1.29 is 4.74 Å². The predicted molar refractivity (Wildman–Crippen MR) is 79.8 cm³/mol. The van der Waals surface area contributed by atoms with Crippen LogP contribution in [-0.2, 0) is 13.6 Å². The Labute approximate surface area is 119 Å². The van der Waals surface area contributed by atoms with E-state index >= 15 is 0 Å². The van der Waals surface area contributed by atoms with Crippen LogP contribution >= 0.6 is 0 Å². The number of aromatic nitrogens is 2. The largest absolute Gasteiger partial charge is 0.497 e. The van der Waals surface area contributed by atoms with Crippen molar-refractivity contribution in [2.75, 3.05) is 7.11 Å². The van der Waals surface area contributed by atoms with Crippen molar-refractivity contribution in [3.05, 3.63) is 35.7 Å². The smallest absolute Gasteiger partial charge is 0.119 e. The summed E-state index contributed by atoms with van der Waals surface area (Å²) in [6, 6.07) is 6.97. The molecule has 1 aliphatic rings. The summed E-state index contributed by atoms with van der Waals surface area (Å²) in [4.78, 5) is 0. The van der Waals surface area contributed by atoms with Gasteiger partial charge in [-0.1, -0.05) is 6.07 Å². The Hall–Kier alpha value is -1.81. The Morgan fingerprint density at radius 3 is 2.75 bits per heavy atom. The quantitative estimate of drug-likeness (QED) is 0.908. The molecular weight excluding hydrogens is 250 g/mol. The molecule has 1 fully saturated rings. The Balaban J connectivity index is 1.96. The normalized spacial score (nSPS) is 14.6. The standard InChI is InChI=1S/C16H21N3O/c1-11-16(10-18-19(11)2)15-7-6-14(20-3)8-12(15)9-17-13-4-5-13/h6-8,10,13,17H,4-5,9H2,1-3H3. The van der Waals surface area contributed by atoms with E-state index in [2.05, 4.69) is 29.5 Å². The van der Waals surface area contributed by atoms with Gasteiger partial charge in [0, 0.05) is 30.9 Å². The summed E-state index contributed by atoms with van der Waals surface area (Å²) in [6.07, 6.45) is 4.54. The van der Waals surface area contributed by atoms with Crippen molar-refractivity contribution in [3.63, 3.8) is 0 Å². The Bertz CT molecular complexity index is 614. The summed E-state index contributed by atoms with van der Waals surface area (Å²) in [5, 5.41) is 7.93. The maximum absolute atomic E-state index is 5.35. The summed E-state index contributed by atoms with van der Waals surface area (Å²) in [6.45, 7) is 2.98. The van der Waals surface area contributed by atoms with Crippen molar-refractivity contribution in [1.82, 2.24) is 15.1 Å². The van der Waals surface area contributed by atoms with Crippen LogP contribution in [0.5, 0.6) is 5.75 Å². The molecule has 1 aromatic carbocycles. The van der Waals surface area contributed by atoms with E-state index in [0.29, 0.717) is 6.04 Å². The molecule has 2 aromatic rings. The van der Waals surface area contributed by atoms with E-state index in [0.717, 1.165) is 12.3 Å². The number of nitrogens with one attached hydrogen (secondary N) is 1. The number of hydrogen-bond donors (Lipinski definition) is 1. The SMILES string of the molecule is COc1ccc(-c2cnn(C)c2C)c(CNC2CC2)c1. The predicted octanol–water partition coefficient (Wildman–Crippen LogP) is 2.66. The van der Waals surface area contributed by atoms with Crippen LogP contribution in [0.2, 0.25) is 0 Å². The number of ether oxygens (including phenoxy) is 1. The number of nitrogens with zero attached hydrogens (tertiary/aromatic N) is 2. The zero-order valence-corrected chi connectivity index (χ0v) is 12.3. The Morgan fingerprint density at radius 2 is 2.15 bits per heavy atom. The molecule has 4 heteroatoms. The molecule has 4 nitrogen and oxygen atoms in total. The molecule has 0 unspecified atom stereocenters. The average Bonchev–Trinajstić information content (AvgIpc) is 3.24. The minimum atomic E-state index is 0.698. The molecule has 1 aromatic heterocycles. The molecule has 0 saturated heterocycles. The van der Waals surface area contributed by atoms with Gasteiger partial charge in [0.15, 0.2) is 0 Å². The van der Waals surface area contributed by atoms with E-state index in [9.17, 15) is 0 Å². The number of hydrogen-bond acceptors (Lipinski definition) is 3. The molecule has 0 aliphatic heterocycles. The molecule has 1 saturated carbocycles. The van der Waals surface area contributed by atoms with Crippen LogP contribution < -0.4 is 10.1 Å². The van der Waals surface area contributed by atoms with Gasteiger partial charge in [0.25, 0.3) is 0 Å². The highest BCUT2D eigenvalue weighted by Crippen LogP contribution is 2.30. The zero-order valence-electron chi connectivity index (χ0n) is 12.3. The summed E-state index contributed by atoms with van der Waals surface area (Å²) >= 11 is 0. The van der Waals surface area contributed by atoms with Crippen LogP contribution in [0.15, 0.2) is 24.4 Å². The molecule has 0 spiro atoms. The molecule has 0 amide bonds. The van der Waals surface area contributed by atoms with Gasteiger partial charge in [0.05, 0.1) is 13.3 Å². The molecule has 0 radical (unpaired) electrons. The molecule has 3 rings (SSSR count). The molecule has 1 aliphatic carbocycles. The fourth-order valence-corrected chi connectivity index (χ4v) is 2.41. The van der Waals surface area contributed by atoms with Gasteiger partial charge < -0.3 is 10.1 Å². The van der Waals surface area contributed by atoms with Gasteiger partial charge in [-0.15, -0.1) is 0 Å². The van der Waals surface area contributed by atoms with Crippen molar-refractivity contribution in [2.24, 2.45) is 7.05 Å². The van der Waals surface area contributed by atoms with E-state index in [4.69, 9.17) is 4.74 Å². The lowest BCUT2D eigenvalue weighted by atomic mass is 10.00. The Morgan fingerprint density at radius 1 is 1.35 bits per heavy atom. The number of benzene rings is 1. The van der Waals surface area contributed by atoms with E-state index in [-0.39, 0.29) is 0 Å². The van der Waals surface area contributed by atoms with E-state index < -0.39 is 0 Å². The lowest BCUT2D eigenvalue weighted by Crippen LogP contribution is -2.16. The molecule has 0 bridgehead atoms. The van der Waals surface area contributed by atoms with Crippen LogP contribution in [0.25, 0.3) is 11.1 Å². The van der Waals surface area contributed by atoms with Crippen molar-refractivity contribution >= 4 is 0 Å². The van der Waals surface area contributed by atoms with Crippen LogP contribution in [0.1, 0.15) is 24.1 Å². The van der Waals surface area contributed by atoms with Gasteiger partial charge in [-0.2, -0.15) is 5.10 Å². The van der Waals surface area contributed by atoms with Gasteiger partial charge in [-0.25, -0.2) is 0 Å². The highest BCUT2D eigenvalue weighted by Gasteiger charge is 2.21. The van der Waals surface area contributed by atoms with Gasteiger partial charge in [0.1, 0.15) is 5.75 Å². The monoisotopic (exact) mass is 271 g/mol. The van der Waals surface area contributed by atoms with Crippen molar-refractivity contribution in [3.8, 4) is 16.9 Å². The van der Waals surface area contributed by atoms with Crippen LogP contribution in [0, 0.1) is 6.92 Å². The topological polar surface area (TPSA) is 39.1 Å². The maximum Gasteiger partial charge on any atom is 0.119 e. The first-order valence-electron chi connectivity index (χ1n) is 7.08. The van der Waals surface area contributed by atoms with Gasteiger partial charge in [-0.05, 0) is 43.0 Å². The third kappa shape index (κ3) is 2.56. The van der Waals surface area contributed by atoms with Crippen LogP contribution in [0.4, 0.5) is 0 Å². The zero-order chi connectivity index (χ0) is 14.1. The van der Waals surface area contributed by atoms with E-state index in [1.807, 2.05) is 24.0 Å². The Kier molecular flexibility index (Phi) is 3.49. The second kappa shape index (κ2) is 5.29. The summed E-state index contributed by atoms with van der Waals surface area (Å²) < 4.78 is 7.27. The van der Waals surface area contributed by atoms with Gasteiger partial charge >= 0.3 is 0 Å². The molecule has 1 N–H and O–H groups in total. The lowest BCUT2D eigenvalue weighted by molar-refractivity contribution is 0.414. The minimum absolute atomic E-state index is 0.698. The first-order valence-corrected chi connectivity index (χ1v) is 7.08. The first-order chi connectivity index (χ1) is 9.69. The molecule has 1 heterocycles. The second-order valence-electron chi connectivity index (χ2n) is 5.45. The third-order valence-electron chi connectivity index (χ3n) is 4.00.